The minimum atomic E-state index is -1.22. The average Bonchev–Trinajstić information content (AvgIpc) is 3.47. The maximum absolute atomic E-state index is 14.0. The van der Waals surface area contributed by atoms with Crippen LogP contribution in [0.3, 0.4) is 0 Å². The lowest BCUT2D eigenvalue weighted by Crippen LogP contribution is -2.58. The molecule has 3 amide bonds. The molecule has 3 aromatic carbocycles. The molecule has 4 aromatic rings. The molecular weight excluding hydrogens is 584 g/mol. The predicted molar refractivity (Wildman–Crippen MR) is 177 cm³/mol. The number of rotatable bonds is 17. The van der Waals surface area contributed by atoms with Crippen molar-refractivity contribution in [3.63, 3.8) is 0 Å². The van der Waals surface area contributed by atoms with E-state index in [1.165, 1.54) is 0 Å². The first-order valence-corrected chi connectivity index (χ1v) is 15.5. The van der Waals surface area contributed by atoms with Crippen molar-refractivity contribution in [1.82, 2.24) is 20.9 Å². The van der Waals surface area contributed by atoms with Gasteiger partial charge in [0.15, 0.2) is 0 Å². The number of H-pyrrole nitrogens is 1. The van der Waals surface area contributed by atoms with Crippen LogP contribution in [0.4, 0.5) is 0 Å². The summed E-state index contributed by atoms with van der Waals surface area (Å²) in [5.74, 6) is -2.94. The largest absolute Gasteiger partial charge is 0.480 e. The summed E-state index contributed by atoms with van der Waals surface area (Å²) in [4.78, 5) is 56.1. The van der Waals surface area contributed by atoms with Gasteiger partial charge in [0.2, 0.25) is 17.7 Å². The maximum atomic E-state index is 14.0. The molecule has 0 saturated carbocycles. The molecule has 4 atom stereocenters. The second-order valence-corrected chi connectivity index (χ2v) is 11.4. The van der Waals surface area contributed by atoms with E-state index < -0.39 is 47.9 Å². The lowest BCUT2D eigenvalue weighted by atomic mass is 10.0. The molecule has 1 aromatic heterocycles. The van der Waals surface area contributed by atoms with E-state index in [2.05, 4.69) is 20.9 Å². The van der Waals surface area contributed by atoms with Gasteiger partial charge in [-0.15, -0.1) is 0 Å². The zero-order valence-corrected chi connectivity index (χ0v) is 25.7. The number of benzene rings is 3. The van der Waals surface area contributed by atoms with Gasteiger partial charge in [0.05, 0.1) is 6.04 Å². The van der Waals surface area contributed by atoms with Gasteiger partial charge in [-0.3, -0.25) is 14.4 Å². The Balaban J connectivity index is 1.57. The third-order valence-electron chi connectivity index (χ3n) is 7.85. The number of hydrogen-bond acceptors (Lipinski definition) is 6. The number of amides is 3. The van der Waals surface area contributed by atoms with Gasteiger partial charge < -0.3 is 37.5 Å². The lowest BCUT2D eigenvalue weighted by Gasteiger charge is -2.25. The van der Waals surface area contributed by atoms with Crippen molar-refractivity contribution < 1.29 is 24.3 Å². The van der Waals surface area contributed by atoms with Gasteiger partial charge in [0.1, 0.15) is 18.1 Å². The van der Waals surface area contributed by atoms with E-state index >= 15 is 0 Å². The van der Waals surface area contributed by atoms with E-state index in [9.17, 15) is 24.3 Å². The van der Waals surface area contributed by atoms with Crippen LogP contribution in [0, 0.1) is 0 Å². The summed E-state index contributed by atoms with van der Waals surface area (Å²) in [5, 5.41) is 19.0. The standard InChI is InChI=1S/C35H42N6O5/c36-18-10-9-16-27(37)32(42)39-30(21-25-22-38-28-17-8-7-15-26(25)28)34(44)40-29(19-23-11-3-1-4-12-23)33(43)41-31(35(45)46)20-24-13-5-2-6-14-24/h1-8,11-15,17,22,27,29-31,38H,9-10,16,18-21,36-37H2,(H,39,42)(H,40,44)(H,41,43)(H,45,46). The number of fused-ring (bicyclic) bond motifs is 1. The van der Waals surface area contributed by atoms with Gasteiger partial charge >= 0.3 is 5.97 Å². The van der Waals surface area contributed by atoms with Crippen molar-refractivity contribution in [2.45, 2.75) is 62.7 Å². The summed E-state index contributed by atoms with van der Waals surface area (Å²) >= 11 is 0. The third-order valence-corrected chi connectivity index (χ3v) is 7.85. The van der Waals surface area contributed by atoms with E-state index in [4.69, 9.17) is 11.5 Å². The van der Waals surface area contributed by atoms with E-state index in [-0.39, 0.29) is 19.3 Å². The Bertz CT molecular complexity index is 1590. The van der Waals surface area contributed by atoms with Gasteiger partial charge in [0.25, 0.3) is 0 Å². The smallest absolute Gasteiger partial charge is 0.326 e. The predicted octanol–water partition coefficient (Wildman–Crippen LogP) is 2.19. The second-order valence-electron chi connectivity index (χ2n) is 11.4. The highest BCUT2D eigenvalue weighted by Gasteiger charge is 2.31. The monoisotopic (exact) mass is 626 g/mol. The molecule has 11 heteroatoms. The Hall–Kier alpha value is -5.00. The average molecular weight is 627 g/mol. The van der Waals surface area contributed by atoms with Crippen LogP contribution in [-0.2, 0) is 38.4 Å². The minimum absolute atomic E-state index is 0.0647. The molecule has 0 aliphatic carbocycles. The highest BCUT2D eigenvalue weighted by atomic mass is 16.4. The molecule has 9 N–H and O–H groups in total. The summed E-state index contributed by atoms with van der Waals surface area (Å²) in [6, 6.07) is 21.4. The summed E-state index contributed by atoms with van der Waals surface area (Å²) in [7, 11) is 0. The molecule has 0 aliphatic rings. The molecule has 0 fully saturated rings. The quantitative estimate of drug-likeness (QED) is 0.0873. The molecule has 11 nitrogen and oxygen atoms in total. The summed E-state index contributed by atoms with van der Waals surface area (Å²) in [6.07, 6.45) is 3.87. The zero-order valence-electron chi connectivity index (χ0n) is 25.7. The number of carbonyl (C=O) groups is 4. The first-order chi connectivity index (χ1) is 22.2. The van der Waals surface area contributed by atoms with E-state index in [0.29, 0.717) is 19.4 Å². The van der Waals surface area contributed by atoms with Crippen LogP contribution >= 0.6 is 0 Å². The molecule has 4 unspecified atom stereocenters. The normalized spacial score (nSPS) is 13.7. The number of aliphatic carboxylic acids is 1. The van der Waals surface area contributed by atoms with Crippen LogP contribution in [-0.4, -0.2) is 64.5 Å². The topological polar surface area (TPSA) is 192 Å². The Morgan fingerprint density at radius 2 is 1.20 bits per heavy atom. The summed E-state index contributed by atoms with van der Waals surface area (Å²) in [6.45, 7) is 0.485. The Kier molecular flexibility index (Phi) is 12.4. The fourth-order valence-electron chi connectivity index (χ4n) is 5.30. The van der Waals surface area contributed by atoms with Crippen molar-refractivity contribution >= 4 is 34.6 Å². The number of carbonyl (C=O) groups excluding carboxylic acids is 3. The Morgan fingerprint density at radius 3 is 1.80 bits per heavy atom. The molecule has 242 valence electrons. The van der Waals surface area contributed by atoms with Gasteiger partial charge in [-0.05, 0) is 42.1 Å². The van der Waals surface area contributed by atoms with Crippen LogP contribution in [0.1, 0.15) is 36.0 Å². The fraction of sp³-hybridized carbons (Fsp3) is 0.314. The minimum Gasteiger partial charge on any atom is -0.480 e. The van der Waals surface area contributed by atoms with Crippen LogP contribution in [0.15, 0.2) is 91.1 Å². The van der Waals surface area contributed by atoms with Crippen LogP contribution in [0.2, 0.25) is 0 Å². The number of hydrogen-bond donors (Lipinski definition) is 7. The molecule has 46 heavy (non-hydrogen) atoms. The van der Waals surface area contributed by atoms with Crippen LogP contribution < -0.4 is 27.4 Å². The highest BCUT2D eigenvalue weighted by Crippen LogP contribution is 2.19. The number of unbranched alkanes of at least 4 members (excludes halogenated alkanes) is 1. The van der Waals surface area contributed by atoms with Crippen molar-refractivity contribution in [1.29, 1.82) is 0 Å². The van der Waals surface area contributed by atoms with E-state index in [0.717, 1.165) is 34.0 Å². The molecule has 1 heterocycles. The van der Waals surface area contributed by atoms with Gasteiger partial charge in [-0.1, -0.05) is 85.3 Å². The summed E-state index contributed by atoms with van der Waals surface area (Å²) in [5.41, 5.74) is 14.9. The molecule has 0 bridgehead atoms. The van der Waals surface area contributed by atoms with Crippen molar-refractivity contribution in [3.8, 4) is 0 Å². The lowest BCUT2D eigenvalue weighted by molar-refractivity contribution is -0.142. The molecule has 0 saturated heterocycles. The number of aromatic amines is 1. The van der Waals surface area contributed by atoms with Crippen LogP contribution in [0.25, 0.3) is 10.9 Å². The highest BCUT2D eigenvalue weighted by molar-refractivity contribution is 5.95. The SMILES string of the molecule is NCCCCC(N)C(=O)NC(Cc1c[nH]c2ccccc12)C(=O)NC(Cc1ccccc1)C(=O)NC(Cc1ccccc1)C(=O)O. The fourth-order valence-corrected chi connectivity index (χ4v) is 5.30. The number of nitrogens with two attached hydrogens (primary N) is 2. The molecule has 0 spiro atoms. The number of aromatic nitrogens is 1. The molecule has 4 rings (SSSR count). The van der Waals surface area contributed by atoms with E-state index in [1.54, 1.807) is 30.5 Å². The molecule has 0 aliphatic heterocycles. The second kappa shape index (κ2) is 16.9. The molecule has 0 radical (unpaired) electrons. The number of para-hydroxylation sites is 1. The zero-order chi connectivity index (χ0) is 32.9. The number of carboxylic acids is 1. The van der Waals surface area contributed by atoms with E-state index in [1.807, 2.05) is 60.7 Å². The van der Waals surface area contributed by atoms with Gasteiger partial charge in [0, 0.05) is 36.4 Å². The first kappa shape index (κ1) is 33.9. The van der Waals surface area contributed by atoms with Crippen molar-refractivity contribution in [2.75, 3.05) is 6.54 Å². The summed E-state index contributed by atoms with van der Waals surface area (Å²) < 4.78 is 0. The molecular formula is C35H42N6O5. The number of carboxylic acid groups (broad SMARTS) is 1. The first-order valence-electron chi connectivity index (χ1n) is 15.5. The van der Waals surface area contributed by atoms with Gasteiger partial charge in [-0.2, -0.15) is 0 Å². The van der Waals surface area contributed by atoms with Crippen molar-refractivity contribution in [2.24, 2.45) is 11.5 Å². The van der Waals surface area contributed by atoms with Gasteiger partial charge in [-0.25, -0.2) is 4.79 Å². The Labute approximate surface area is 268 Å². The number of nitrogens with one attached hydrogen (secondary N) is 4. The third kappa shape index (κ3) is 9.75. The maximum Gasteiger partial charge on any atom is 0.326 e. The van der Waals surface area contributed by atoms with Crippen LogP contribution in [0.5, 0.6) is 0 Å². The Morgan fingerprint density at radius 1 is 0.674 bits per heavy atom. The van der Waals surface area contributed by atoms with Crippen molar-refractivity contribution in [3.05, 3.63) is 108 Å².